The zero-order chi connectivity index (χ0) is 31.0. The molecule has 0 fully saturated rings. The summed E-state index contributed by atoms with van der Waals surface area (Å²) < 4.78 is 49.4. The zero-order valence-corrected chi connectivity index (χ0v) is 28.8. The van der Waals surface area contributed by atoms with Crippen LogP contribution in [0.2, 0.25) is 0 Å². The highest BCUT2D eigenvalue weighted by molar-refractivity contribution is 8.18. The number of hydrogen-bond donors (Lipinski definition) is 0. The summed E-state index contributed by atoms with van der Waals surface area (Å²) in [4.78, 5) is 0.242. The van der Waals surface area contributed by atoms with Crippen molar-refractivity contribution in [3.05, 3.63) is 121 Å². The minimum Gasteiger partial charge on any atom is -0.204 e. The van der Waals surface area contributed by atoms with Gasteiger partial charge in [0.05, 0.1) is 21.2 Å². The van der Waals surface area contributed by atoms with Crippen LogP contribution in [-0.4, -0.2) is 23.1 Å². The average molecular weight is 765 g/mol. The van der Waals surface area contributed by atoms with Gasteiger partial charge >= 0.3 is 0 Å². The molecule has 0 amide bonds. The molecule has 4 rings (SSSR count). The van der Waals surface area contributed by atoms with E-state index in [1.807, 2.05) is 0 Å². The van der Waals surface area contributed by atoms with Crippen molar-refractivity contribution in [2.24, 2.45) is 0 Å². The van der Waals surface area contributed by atoms with Crippen LogP contribution < -0.4 is 7.42 Å². The second-order valence-corrected chi connectivity index (χ2v) is 20.1. The number of para-hydroxylation sites is 2. The molecule has 0 aromatic heterocycles. The highest BCUT2D eigenvalue weighted by Gasteiger charge is 2.35. The maximum Gasteiger partial charge on any atom is 0.273 e. The summed E-state index contributed by atoms with van der Waals surface area (Å²) >= 11 is 35.8. The summed E-state index contributed by atoms with van der Waals surface area (Å²) in [5.74, 6) is 0. The normalized spacial score (nSPS) is 12.1. The summed E-state index contributed by atoms with van der Waals surface area (Å²) in [5, 5.41) is 0. The summed E-state index contributed by atoms with van der Waals surface area (Å²) in [7, 11) is -7.69. The lowest BCUT2D eigenvalue weighted by molar-refractivity contribution is 0.596. The molecule has 0 N–H and O–H groups in total. The molecule has 0 aliphatic carbocycles. The van der Waals surface area contributed by atoms with Crippen LogP contribution in [0.5, 0.6) is 0 Å². The Bertz CT molecular complexity index is 1500. The first-order valence-electron chi connectivity index (χ1n) is 11.4. The van der Waals surface area contributed by atoms with Crippen molar-refractivity contribution in [2.75, 3.05) is 7.42 Å². The van der Waals surface area contributed by atoms with E-state index in [-0.39, 0.29) is 9.79 Å². The average Bonchev–Trinajstić information content (AvgIpc) is 2.96. The minimum atomic E-state index is -3.84. The molecule has 0 radical (unpaired) electrons. The van der Waals surface area contributed by atoms with Gasteiger partial charge in [0.2, 0.25) is 0 Å². The Morgan fingerprint density at radius 2 is 0.667 bits per heavy atom. The Balaban J connectivity index is 0.000000230. The maximum atomic E-state index is 12.7. The lowest BCUT2D eigenvalue weighted by atomic mass is 10.3. The van der Waals surface area contributed by atoms with Crippen LogP contribution in [0.3, 0.4) is 0 Å². The van der Waals surface area contributed by atoms with Crippen molar-refractivity contribution in [2.45, 2.75) is 16.0 Å². The second kappa shape index (κ2) is 15.2. The molecule has 0 bridgehead atoms. The van der Waals surface area contributed by atoms with Gasteiger partial charge in [-0.2, -0.15) is 0 Å². The smallest absolute Gasteiger partial charge is 0.204 e. The first-order valence-corrected chi connectivity index (χ1v) is 18.1. The molecular formula is C26H20Cl6N2O4S4. The molecule has 16 heteroatoms. The van der Waals surface area contributed by atoms with Crippen molar-refractivity contribution in [1.29, 1.82) is 0 Å². The van der Waals surface area contributed by atoms with Crippen LogP contribution in [0.25, 0.3) is 0 Å². The topological polar surface area (TPSA) is 74.8 Å². The van der Waals surface area contributed by atoms with Gasteiger partial charge in [-0.1, -0.05) is 142 Å². The minimum absolute atomic E-state index is 0.121. The molecule has 0 heterocycles. The van der Waals surface area contributed by atoms with Gasteiger partial charge in [0.25, 0.3) is 26.3 Å². The third-order valence-corrected chi connectivity index (χ3v) is 11.9. The van der Waals surface area contributed by atoms with Crippen LogP contribution in [-0.2, 0) is 20.0 Å². The van der Waals surface area contributed by atoms with Crippen molar-refractivity contribution in [1.82, 2.24) is 0 Å². The van der Waals surface area contributed by atoms with Crippen LogP contribution in [0, 0.1) is 0 Å². The summed E-state index contributed by atoms with van der Waals surface area (Å²) in [6.07, 6.45) is 0. The Morgan fingerprint density at radius 1 is 0.429 bits per heavy atom. The number of hydrogen-bond acceptors (Lipinski definition) is 6. The number of anilines is 2. The molecule has 6 nitrogen and oxygen atoms in total. The molecule has 0 spiro atoms. The standard InChI is InChI=1S/2C13H10Cl3NO2S2/c2*14-13(15,16)20-17(11-7-3-1-4-8-11)21(18,19)12-9-5-2-6-10-12/h2*1-10H. The number of sulfonamides is 2. The van der Waals surface area contributed by atoms with E-state index in [0.29, 0.717) is 35.3 Å². The van der Waals surface area contributed by atoms with E-state index in [2.05, 4.69) is 0 Å². The Hall–Kier alpha value is -1.18. The lowest BCUT2D eigenvalue weighted by Crippen LogP contribution is -2.27. The molecule has 224 valence electrons. The number of rotatable bonds is 8. The van der Waals surface area contributed by atoms with E-state index in [1.54, 1.807) is 97.1 Å². The third kappa shape index (κ3) is 10.5. The van der Waals surface area contributed by atoms with Gasteiger partial charge in [-0.25, -0.2) is 24.3 Å². The van der Waals surface area contributed by atoms with Crippen molar-refractivity contribution in [3.63, 3.8) is 0 Å². The van der Waals surface area contributed by atoms with E-state index in [4.69, 9.17) is 69.6 Å². The van der Waals surface area contributed by atoms with Gasteiger partial charge in [-0.3, -0.25) is 0 Å². The van der Waals surface area contributed by atoms with Gasteiger partial charge in [-0.15, -0.1) is 0 Å². The molecule has 0 atom stereocenters. The number of benzene rings is 4. The molecule has 0 aliphatic heterocycles. The van der Waals surface area contributed by atoms with E-state index < -0.39 is 26.3 Å². The molecule has 42 heavy (non-hydrogen) atoms. The quantitative estimate of drug-likeness (QED) is 0.131. The fraction of sp³-hybridized carbons (Fsp3) is 0.0769. The molecular weight excluding hydrogens is 745 g/mol. The highest BCUT2D eigenvalue weighted by Crippen LogP contribution is 2.46. The van der Waals surface area contributed by atoms with Crippen LogP contribution in [0.1, 0.15) is 0 Å². The molecule has 4 aromatic rings. The summed E-state index contributed by atoms with van der Waals surface area (Å²) in [6.45, 7) is 0. The SMILES string of the molecule is O=S(=O)(c1ccccc1)N(SC(Cl)(Cl)Cl)c1ccccc1.O=S(=O)(c1ccccc1)N(SC(Cl)(Cl)Cl)c1ccccc1. The first kappa shape index (κ1) is 35.3. The summed E-state index contributed by atoms with van der Waals surface area (Å²) in [5.41, 5.74) is 0.801. The Morgan fingerprint density at radius 3 is 0.905 bits per heavy atom. The molecule has 4 aromatic carbocycles. The van der Waals surface area contributed by atoms with Crippen LogP contribution in [0.4, 0.5) is 11.4 Å². The predicted molar refractivity (Wildman–Crippen MR) is 181 cm³/mol. The first-order chi connectivity index (χ1) is 19.6. The second-order valence-electron chi connectivity index (χ2n) is 7.84. The molecule has 0 aliphatic rings. The van der Waals surface area contributed by atoms with Crippen molar-refractivity contribution in [3.8, 4) is 0 Å². The number of nitrogens with zero attached hydrogens (tertiary/aromatic N) is 2. The van der Waals surface area contributed by atoms with Gasteiger partial charge in [-0.05, 0) is 48.5 Å². The predicted octanol–water partition coefficient (Wildman–Crippen LogP) is 9.72. The van der Waals surface area contributed by atoms with Crippen LogP contribution in [0.15, 0.2) is 131 Å². The number of alkyl halides is 6. The van der Waals surface area contributed by atoms with Gasteiger partial charge in [0.15, 0.2) is 0 Å². The van der Waals surface area contributed by atoms with Gasteiger partial charge in [0, 0.05) is 23.9 Å². The van der Waals surface area contributed by atoms with E-state index in [0.717, 1.165) is 7.42 Å². The van der Waals surface area contributed by atoms with Crippen molar-refractivity contribution < 1.29 is 16.8 Å². The fourth-order valence-corrected chi connectivity index (χ4v) is 10.1. The Labute approximate surface area is 284 Å². The van der Waals surface area contributed by atoms with E-state index in [9.17, 15) is 16.8 Å². The highest BCUT2D eigenvalue weighted by atomic mass is 35.6. The zero-order valence-electron chi connectivity index (χ0n) is 21.0. The largest absolute Gasteiger partial charge is 0.273 e. The molecule has 0 saturated heterocycles. The monoisotopic (exact) mass is 762 g/mol. The van der Waals surface area contributed by atoms with Crippen LogP contribution >= 0.6 is 93.5 Å². The van der Waals surface area contributed by atoms with E-state index in [1.165, 1.54) is 24.3 Å². The van der Waals surface area contributed by atoms with E-state index >= 15 is 0 Å². The third-order valence-electron chi connectivity index (χ3n) is 4.83. The lowest BCUT2D eigenvalue weighted by Gasteiger charge is -2.25. The van der Waals surface area contributed by atoms with Gasteiger partial charge in [0.1, 0.15) is 0 Å². The Kier molecular flexibility index (Phi) is 12.8. The summed E-state index contributed by atoms with van der Waals surface area (Å²) in [6, 6.07) is 32.9. The molecule has 0 saturated carbocycles. The maximum absolute atomic E-state index is 12.7. The molecule has 0 unspecified atom stereocenters. The number of halogens is 6. The van der Waals surface area contributed by atoms with Gasteiger partial charge < -0.3 is 0 Å². The fourth-order valence-electron chi connectivity index (χ4n) is 3.14. The van der Waals surface area contributed by atoms with Crippen molar-refractivity contribution >= 4 is 125 Å².